The lowest BCUT2D eigenvalue weighted by Crippen LogP contribution is -1.95. The Balaban J connectivity index is 2.75. The molecule has 1 aromatic heterocycles. The second kappa shape index (κ2) is 3.88. The lowest BCUT2D eigenvalue weighted by Gasteiger charge is -2.03. The van der Waals surface area contributed by atoms with Crippen LogP contribution in [0.3, 0.4) is 0 Å². The van der Waals surface area contributed by atoms with E-state index in [1.54, 1.807) is 19.4 Å². The lowest BCUT2D eigenvalue weighted by molar-refractivity contribution is 0.240. The van der Waals surface area contributed by atoms with Crippen molar-refractivity contribution >= 4 is 11.4 Å². The number of methoxy groups -OCH3 is 1. The largest absolute Gasteiger partial charge is 0.384 e. The van der Waals surface area contributed by atoms with Crippen LogP contribution in [-0.2, 0) is 4.74 Å². The molecule has 1 heterocycles. The molecule has 0 radical (unpaired) electrons. The summed E-state index contributed by atoms with van der Waals surface area (Å²) in [6, 6.07) is 3.62. The van der Waals surface area contributed by atoms with E-state index in [4.69, 9.17) is 10.5 Å². The van der Waals surface area contributed by atoms with Gasteiger partial charge in [0.05, 0.1) is 6.61 Å². The van der Waals surface area contributed by atoms with Gasteiger partial charge in [0.15, 0.2) is 0 Å². The first-order valence-corrected chi connectivity index (χ1v) is 3.62. The zero-order valence-electron chi connectivity index (χ0n) is 7.08. The number of rotatable bonds is 3. The van der Waals surface area contributed by atoms with Gasteiger partial charge in [0.2, 0.25) is 0 Å². The van der Waals surface area contributed by atoms with Crippen molar-refractivity contribution in [1.82, 2.24) is 4.98 Å². The molecule has 0 aliphatic heterocycles. The van der Waals surface area contributed by atoms with Crippen molar-refractivity contribution in [3.05, 3.63) is 30.5 Å². The molecule has 64 valence electrons. The number of nitrogens with zero attached hydrogens (tertiary/aromatic N) is 1. The molecule has 1 aromatic rings. The van der Waals surface area contributed by atoms with Gasteiger partial charge >= 0.3 is 0 Å². The fourth-order valence-electron chi connectivity index (χ4n) is 0.872. The van der Waals surface area contributed by atoms with E-state index in [9.17, 15) is 0 Å². The van der Waals surface area contributed by atoms with E-state index >= 15 is 0 Å². The van der Waals surface area contributed by atoms with Crippen LogP contribution in [-0.4, -0.2) is 18.7 Å². The van der Waals surface area contributed by atoms with Crippen molar-refractivity contribution in [3.8, 4) is 0 Å². The van der Waals surface area contributed by atoms with Crippen molar-refractivity contribution in [1.29, 1.82) is 0 Å². The molecule has 0 unspecified atom stereocenters. The highest BCUT2D eigenvalue weighted by Crippen LogP contribution is 2.11. The molecule has 12 heavy (non-hydrogen) atoms. The summed E-state index contributed by atoms with van der Waals surface area (Å²) >= 11 is 0. The number of aromatic nitrogens is 1. The maximum Gasteiger partial charge on any atom is 0.123 e. The number of pyridine rings is 1. The Morgan fingerprint density at radius 3 is 2.92 bits per heavy atom. The average Bonchev–Trinajstić information content (AvgIpc) is 2.06. The molecule has 3 nitrogen and oxygen atoms in total. The number of nitrogens with two attached hydrogens (primary N) is 1. The lowest BCUT2D eigenvalue weighted by atomic mass is 10.1. The van der Waals surface area contributed by atoms with E-state index in [1.165, 1.54) is 0 Å². The molecule has 0 atom stereocenters. The van der Waals surface area contributed by atoms with Crippen molar-refractivity contribution < 1.29 is 4.74 Å². The summed E-state index contributed by atoms with van der Waals surface area (Å²) in [5, 5.41) is 0. The molecule has 0 aliphatic rings. The summed E-state index contributed by atoms with van der Waals surface area (Å²) in [6.07, 6.45) is 1.69. The Labute approximate surface area is 71.9 Å². The van der Waals surface area contributed by atoms with E-state index in [2.05, 4.69) is 11.6 Å². The third-order valence-electron chi connectivity index (χ3n) is 1.51. The maximum atomic E-state index is 5.43. The van der Waals surface area contributed by atoms with Crippen LogP contribution in [0, 0.1) is 0 Å². The van der Waals surface area contributed by atoms with Gasteiger partial charge in [-0.05, 0) is 23.3 Å². The molecule has 0 aliphatic carbocycles. The maximum absolute atomic E-state index is 5.43. The van der Waals surface area contributed by atoms with Gasteiger partial charge in [0.25, 0.3) is 0 Å². The zero-order valence-corrected chi connectivity index (χ0v) is 7.08. The predicted octanol–water partition coefficient (Wildman–Crippen LogP) is 1.32. The molecular weight excluding hydrogens is 152 g/mol. The fraction of sp³-hybridized carbons (Fsp3) is 0.222. The summed E-state index contributed by atoms with van der Waals surface area (Å²) in [7, 11) is 1.63. The highest BCUT2D eigenvalue weighted by atomic mass is 16.5. The Kier molecular flexibility index (Phi) is 2.82. The summed E-state index contributed by atoms with van der Waals surface area (Å²) in [6.45, 7) is 4.36. The van der Waals surface area contributed by atoms with Crippen LogP contribution in [0.5, 0.6) is 0 Å². The van der Waals surface area contributed by atoms with Crippen molar-refractivity contribution in [2.75, 3.05) is 19.5 Å². The van der Waals surface area contributed by atoms with Crippen LogP contribution >= 0.6 is 0 Å². The number of anilines is 1. The molecule has 1 rings (SSSR count). The molecule has 0 saturated carbocycles. The van der Waals surface area contributed by atoms with Gasteiger partial charge in [-0.15, -0.1) is 0 Å². The van der Waals surface area contributed by atoms with Gasteiger partial charge < -0.3 is 10.5 Å². The molecule has 0 fully saturated rings. The summed E-state index contributed by atoms with van der Waals surface area (Å²) in [5.74, 6) is 0.518. The van der Waals surface area contributed by atoms with Gasteiger partial charge in [-0.2, -0.15) is 0 Å². The van der Waals surface area contributed by atoms with Crippen LogP contribution < -0.4 is 5.73 Å². The molecule has 0 spiro atoms. The van der Waals surface area contributed by atoms with E-state index in [-0.39, 0.29) is 0 Å². The minimum Gasteiger partial charge on any atom is -0.384 e. The number of nitrogen functional groups attached to an aromatic ring is 1. The van der Waals surface area contributed by atoms with E-state index < -0.39 is 0 Å². The van der Waals surface area contributed by atoms with Gasteiger partial charge in [0.1, 0.15) is 5.82 Å². The highest BCUT2D eigenvalue weighted by Gasteiger charge is 1.97. The van der Waals surface area contributed by atoms with Crippen LogP contribution in [0.2, 0.25) is 0 Å². The standard InChI is InChI=1S/C9H12N2O/c1-7(6-12-2)8-3-4-9(10)11-5-8/h3-5H,1,6H2,2H3,(H2,10,11). The van der Waals surface area contributed by atoms with Crippen molar-refractivity contribution in [2.45, 2.75) is 0 Å². The summed E-state index contributed by atoms with van der Waals surface area (Å²) in [5.41, 5.74) is 7.30. The smallest absolute Gasteiger partial charge is 0.123 e. The molecule has 3 heteroatoms. The number of ether oxygens (including phenoxy) is 1. The Bertz CT molecular complexity index is 266. The monoisotopic (exact) mass is 164 g/mol. The SMILES string of the molecule is C=C(COC)c1ccc(N)nc1. The van der Waals surface area contributed by atoms with Crippen LogP contribution in [0.1, 0.15) is 5.56 Å². The number of hydrogen-bond acceptors (Lipinski definition) is 3. The Morgan fingerprint density at radius 1 is 1.67 bits per heavy atom. The molecular formula is C9H12N2O. The fourth-order valence-corrected chi connectivity index (χ4v) is 0.872. The van der Waals surface area contributed by atoms with E-state index in [0.717, 1.165) is 11.1 Å². The summed E-state index contributed by atoms with van der Waals surface area (Å²) < 4.78 is 4.93. The van der Waals surface area contributed by atoms with Gasteiger partial charge in [-0.1, -0.05) is 6.58 Å². The highest BCUT2D eigenvalue weighted by molar-refractivity contribution is 5.63. The molecule has 2 N–H and O–H groups in total. The van der Waals surface area contributed by atoms with Gasteiger partial charge in [-0.3, -0.25) is 0 Å². The van der Waals surface area contributed by atoms with Gasteiger partial charge in [0, 0.05) is 13.3 Å². The average molecular weight is 164 g/mol. The van der Waals surface area contributed by atoms with Gasteiger partial charge in [-0.25, -0.2) is 4.98 Å². The van der Waals surface area contributed by atoms with Crippen LogP contribution in [0.25, 0.3) is 5.57 Å². The molecule has 0 saturated heterocycles. The minimum atomic E-state index is 0.518. The topological polar surface area (TPSA) is 48.1 Å². The normalized spacial score (nSPS) is 9.75. The third kappa shape index (κ3) is 2.07. The van der Waals surface area contributed by atoms with Crippen LogP contribution in [0.4, 0.5) is 5.82 Å². The Hall–Kier alpha value is -1.35. The molecule has 0 amide bonds. The quantitative estimate of drug-likeness (QED) is 0.733. The third-order valence-corrected chi connectivity index (χ3v) is 1.51. The first-order valence-electron chi connectivity index (χ1n) is 3.62. The predicted molar refractivity (Wildman–Crippen MR) is 49.6 cm³/mol. The number of hydrogen-bond donors (Lipinski definition) is 1. The summed E-state index contributed by atoms with van der Waals surface area (Å²) in [4.78, 5) is 3.94. The van der Waals surface area contributed by atoms with E-state index in [0.29, 0.717) is 12.4 Å². The minimum absolute atomic E-state index is 0.518. The zero-order chi connectivity index (χ0) is 8.97. The van der Waals surface area contributed by atoms with Crippen molar-refractivity contribution in [2.24, 2.45) is 0 Å². The first-order chi connectivity index (χ1) is 5.74. The first kappa shape index (κ1) is 8.74. The van der Waals surface area contributed by atoms with Crippen LogP contribution in [0.15, 0.2) is 24.9 Å². The molecule has 0 aromatic carbocycles. The van der Waals surface area contributed by atoms with E-state index in [1.807, 2.05) is 6.07 Å². The second-order valence-corrected chi connectivity index (χ2v) is 2.51. The second-order valence-electron chi connectivity index (χ2n) is 2.51. The molecule has 0 bridgehead atoms. The van der Waals surface area contributed by atoms with Crippen molar-refractivity contribution in [3.63, 3.8) is 0 Å². The Morgan fingerprint density at radius 2 is 2.42 bits per heavy atom.